The second-order valence-corrected chi connectivity index (χ2v) is 6.29. The summed E-state index contributed by atoms with van der Waals surface area (Å²) in [4.78, 5) is 12.2. The molecule has 0 aliphatic rings. The molecule has 0 fully saturated rings. The van der Waals surface area contributed by atoms with Gasteiger partial charge in [0.1, 0.15) is 18.2 Å². The van der Waals surface area contributed by atoms with Gasteiger partial charge in [0.05, 0.1) is 6.07 Å². The lowest BCUT2D eigenvalue weighted by molar-refractivity contribution is -0.114. The van der Waals surface area contributed by atoms with E-state index in [1.54, 1.807) is 6.07 Å². The standard InChI is InChI=1S/C18H12FNO2S/c19-14-7-5-12(6-8-14)17(22)18(10-20,11-21)16-9-13-3-1-2-4-15(13)23-16/h1-9,11,17,22H. The Balaban J connectivity index is 2.13. The number of aldehydes is 1. The van der Waals surface area contributed by atoms with Crippen LogP contribution in [-0.4, -0.2) is 11.4 Å². The van der Waals surface area contributed by atoms with Gasteiger partial charge >= 0.3 is 0 Å². The third-order valence-electron chi connectivity index (χ3n) is 3.82. The lowest BCUT2D eigenvalue weighted by atomic mass is 9.80. The summed E-state index contributed by atoms with van der Waals surface area (Å²) in [6, 6.07) is 16.3. The van der Waals surface area contributed by atoms with E-state index >= 15 is 0 Å². The van der Waals surface area contributed by atoms with Gasteiger partial charge in [0.2, 0.25) is 0 Å². The number of thiophene rings is 1. The average molecular weight is 325 g/mol. The molecule has 0 aliphatic carbocycles. The Labute approximate surface area is 136 Å². The number of hydrogen-bond donors (Lipinski definition) is 1. The lowest BCUT2D eigenvalue weighted by Crippen LogP contribution is -2.33. The first-order valence-corrected chi connectivity index (χ1v) is 7.72. The molecular weight excluding hydrogens is 313 g/mol. The van der Waals surface area contributed by atoms with Crippen LogP contribution in [0.4, 0.5) is 4.39 Å². The molecule has 2 atom stereocenters. The number of aliphatic hydroxyl groups excluding tert-OH is 1. The molecule has 0 saturated heterocycles. The maximum Gasteiger partial charge on any atom is 0.176 e. The van der Waals surface area contributed by atoms with Gasteiger partial charge in [-0.2, -0.15) is 5.26 Å². The van der Waals surface area contributed by atoms with Crippen LogP contribution in [0.2, 0.25) is 0 Å². The van der Waals surface area contributed by atoms with Gasteiger partial charge in [0.25, 0.3) is 0 Å². The zero-order valence-electron chi connectivity index (χ0n) is 11.9. The monoisotopic (exact) mass is 325 g/mol. The Bertz CT molecular complexity index is 864. The first-order valence-electron chi connectivity index (χ1n) is 6.91. The van der Waals surface area contributed by atoms with Crippen molar-refractivity contribution in [2.75, 3.05) is 0 Å². The number of carbonyl (C=O) groups excluding carboxylic acids is 1. The zero-order valence-corrected chi connectivity index (χ0v) is 12.8. The molecule has 114 valence electrons. The number of rotatable bonds is 4. The number of halogens is 1. The van der Waals surface area contributed by atoms with Crippen molar-refractivity contribution in [2.24, 2.45) is 0 Å². The lowest BCUT2D eigenvalue weighted by Gasteiger charge is -2.25. The van der Waals surface area contributed by atoms with E-state index in [0.717, 1.165) is 10.1 Å². The third-order valence-corrected chi connectivity index (χ3v) is 5.09. The van der Waals surface area contributed by atoms with E-state index in [2.05, 4.69) is 0 Å². The van der Waals surface area contributed by atoms with Crippen LogP contribution in [0.1, 0.15) is 16.5 Å². The Kier molecular flexibility index (Phi) is 3.95. The molecule has 2 unspecified atom stereocenters. The molecule has 0 aliphatic heterocycles. The first kappa shape index (κ1) is 15.3. The highest BCUT2D eigenvalue weighted by Crippen LogP contribution is 2.41. The van der Waals surface area contributed by atoms with Gasteiger partial charge in [-0.25, -0.2) is 4.39 Å². The summed E-state index contributed by atoms with van der Waals surface area (Å²) in [7, 11) is 0. The highest BCUT2D eigenvalue weighted by atomic mass is 32.1. The largest absolute Gasteiger partial charge is 0.386 e. The molecule has 5 heteroatoms. The number of benzene rings is 2. The van der Waals surface area contributed by atoms with Gasteiger partial charge in [-0.05, 0) is 35.2 Å². The number of carbonyl (C=O) groups is 1. The van der Waals surface area contributed by atoms with Gasteiger partial charge in [-0.15, -0.1) is 11.3 Å². The van der Waals surface area contributed by atoms with Crippen molar-refractivity contribution in [3.05, 3.63) is 70.9 Å². The number of nitrogens with zero attached hydrogens (tertiary/aromatic N) is 1. The number of nitriles is 1. The van der Waals surface area contributed by atoms with Crippen molar-refractivity contribution in [1.29, 1.82) is 5.26 Å². The third kappa shape index (κ3) is 2.52. The quantitative estimate of drug-likeness (QED) is 0.743. The minimum absolute atomic E-state index is 0.317. The molecule has 3 rings (SSSR count). The van der Waals surface area contributed by atoms with Gasteiger partial charge in [0.15, 0.2) is 5.41 Å². The van der Waals surface area contributed by atoms with Crippen molar-refractivity contribution in [3.8, 4) is 6.07 Å². The molecule has 1 heterocycles. The fourth-order valence-corrected chi connectivity index (χ4v) is 3.68. The van der Waals surface area contributed by atoms with Crippen LogP contribution in [0.15, 0.2) is 54.6 Å². The SMILES string of the molecule is N#CC(C=O)(c1cc2ccccc2s1)C(O)c1ccc(F)cc1. The van der Waals surface area contributed by atoms with Crippen molar-refractivity contribution < 1.29 is 14.3 Å². The summed E-state index contributed by atoms with van der Waals surface area (Å²) < 4.78 is 14.0. The molecule has 0 radical (unpaired) electrons. The summed E-state index contributed by atoms with van der Waals surface area (Å²) in [6.07, 6.45) is -0.912. The van der Waals surface area contributed by atoms with E-state index in [4.69, 9.17) is 0 Å². The molecule has 1 N–H and O–H groups in total. The highest BCUT2D eigenvalue weighted by Gasteiger charge is 2.42. The van der Waals surface area contributed by atoms with Gasteiger partial charge in [0, 0.05) is 9.58 Å². The van der Waals surface area contributed by atoms with Crippen LogP contribution in [0.3, 0.4) is 0 Å². The van der Waals surface area contributed by atoms with Crippen LogP contribution in [0, 0.1) is 17.1 Å². The Morgan fingerprint density at radius 2 is 1.91 bits per heavy atom. The second kappa shape index (κ2) is 5.92. The predicted molar refractivity (Wildman–Crippen MR) is 86.5 cm³/mol. The molecule has 0 spiro atoms. The smallest absolute Gasteiger partial charge is 0.176 e. The molecule has 23 heavy (non-hydrogen) atoms. The number of aliphatic hydroxyl groups is 1. The minimum atomic E-state index is -1.72. The van der Waals surface area contributed by atoms with Crippen LogP contribution in [0.25, 0.3) is 10.1 Å². The molecule has 1 aromatic heterocycles. The summed E-state index contributed by atoms with van der Waals surface area (Å²) >= 11 is 1.29. The van der Waals surface area contributed by atoms with Gasteiger partial charge < -0.3 is 9.90 Å². The summed E-state index contributed by atoms with van der Waals surface area (Å²) in [5, 5.41) is 21.2. The summed E-state index contributed by atoms with van der Waals surface area (Å²) in [5.74, 6) is -0.448. The Morgan fingerprint density at radius 3 is 2.52 bits per heavy atom. The van der Waals surface area contributed by atoms with Gasteiger partial charge in [-0.1, -0.05) is 30.3 Å². The Hall–Kier alpha value is -2.55. The molecule has 2 aromatic carbocycles. The van der Waals surface area contributed by atoms with E-state index in [1.807, 2.05) is 30.3 Å². The normalized spacial score (nSPS) is 14.8. The van der Waals surface area contributed by atoms with Crippen molar-refractivity contribution >= 4 is 27.7 Å². The molecule has 3 aromatic rings. The van der Waals surface area contributed by atoms with E-state index < -0.39 is 17.3 Å². The predicted octanol–water partition coefficient (Wildman–Crippen LogP) is 3.73. The minimum Gasteiger partial charge on any atom is -0.386 e. The molecule has 3 nitrogen and oxygen atoms in total. The Morgan fingerprint density at radius 1 is 1.22 bits per heavy atom. The topological polar surface area (TPSA) is 61.1 Å². The van der Waals surface area contributed by atoms with E-state index in [-0.39, 0.29) is 0 Å². The fraction of sp³-hybridized carbons (Fsp3) is 0.111. The maximum absolute atomic E-state index is 13.1. The molecule has 0 saturated carbocycles. The van der Waals surface area contributed by atoms with Crippen LogP contribution < -0.4 is 0 Å². The molecule has 0 bridgehead atoms. The first-order chi connectivity index (χ1) is 11.1. The van der Waals surface area contributed by atoms with Crippen molar-refractivity contribution in [1.82, 2.24) is 0 Å². The summed E-state index contributed by atoms with van der Waals surface area (Å²) in [5.41, 5.74) is -1.40. The zero-order chi connectivity index (χ0) is 16.4. The maximum atomic E-state index is 13.1. The van der Waals surface area contributed by atoms with E-state index in [0.29, 0.717) is 16.7 Å². The number of hydrogen-bond acceptors (Lipinski definition) is 4. The highest BCUT2D eigenvalue weighted by molar-refractivity contribution is 7.19. The van der Waals surface area contributed by atoms with Crippen molar-refractivity contribution in [3.63, 3.8) is 0 Å². The van der Waals surface area contributed by atoms with Crippen LogP contribution in [-0.2, 0) is 10.2 Å². The van der Waals surface area contributed by atoms with E-state index in [1.165, 1.54) is 35.6 Å². The average Bonchev–Trinajstić information content (AvgIpc) is 3.01. The molecule has 0 amide bonds. The number of fused-ring (bicyclic) bond motifs is 1. The van der Waals surface area contributed by atoms with Gasteiger partial charge in [-0.3, -0.25) is 0 Å². The summed E-state index contributed by atoms with van der Waals surface area (Å²) in [6.45, 7) is 0. The van der Waals surface area contributed by atoms with Crippen molar-refractivity contribution in [2.45, 2.75) is 11.5 Å². The van der Waals surface area contributed by atoms with E-state index in [9.17, 15) is 19.6 Å². The van der Waals surface area contributed by atoms with Crippen LogP contribution >= 0.6 is 11.3 Å². The second-order valence-electron chi connectivity index (χ2n) is 5.20. The van der Waals surface area contributed by atoms with Crippen LogP contribution in [0.5, 0.6) is 0 Å². The molecular formula is C18H12FNO2S. The fourth-order valence-electron chi connectivity index (χ4n) is 2.49.